The van der Waals surface area contributed by atoms with E-state index in [2.05, 4.69) is 0 Å². The van der Waals surface area contributed by atoms with Gasteiger partial charge in [0.2, 0.25) is 0 Å². The molecule has 3 atom stereocenters. The first kappa shape index (κ1) is 8.97. The molecule has 0 amide bonds. The van der Waals surface area contributed by atoms with Crippen molar-refractivity contribution in [3.8, 4) is 0 Å². The lowest BCUT2D eigenvalue weighted by atomic mass is 10.1. The number of carbonyl (C=O) groups is 1. The van der Waals surface area contributed by atoms with Crippen molar-refractivity contribution in [1.29, 1.82) is 0 Å². The first-order chi connectivity index (χ1) is 5.98. The SMILES string of the molecule is CC1(C)O[C@H]2CC(C(=O)O)C[C@H]2O1. The van der Waals surface area contributed by atoms with Crippen molar-refractivity contribution in [2.75, 3.05) is 0 Å². The summed E-state index contributed by atoms with van der Waals surface area (Å²) in [4.78, 5) is 10.7. The van der Waals surface area contributed by atoms with Gasteiger partial charge in [0.1, 0.15) is 0 Å². The van der Waals surface area contributed by atoms with E-state index in [-0.39, 0.29) is 18.1 Å². The zero-order chi connectivity index (χ0) is 9.64. The third-order valence-electron chi connectivity index (χ3n) is 2.67. The van der Waals surface area contributed by atoms with Crippen LogP contribution in [0.4, 0.5) is 0 Å². The Morgan fingerprint density at radius 3 is 2.15 bits per heavy atom. The highest BCUT2D eigenvalue weighted by Gasteiger charge is 2.49. The van der Waals surface area contributed by atoms with Crippen LogP contribution in [0.15, 0.2) is 0 Å². The highest BCUT2D eigenvalue weighted by molar-refractivity contribution is 5.70. The molecular formula is C9H14O4. The van der Waals surface area contributed by atoms with Crippen LogP contribution in [0.3, 0.4) is 0 Å². The number of carboxylic acids is 1. The number of hydrogen-bond donors (Lipinski definition) is 1. The number of carboxylic acid groups (broad SMARTS) is 1. The van der Waals surface area contributed by atoms with Crippen molar-refractivity contribution >= 4 is 5.97 Å². The topological polar surface area (TPSA) is 55.8 Å². The maximum Gasteiger partial charge on any atom is 0.306 e. The molecule has 4 heteroatoms. The summed E-state index contributed by atoms with van der Waals surface area (Å²) < 4.78 is 11.1. The standard InChI is InChI=1S/C9H14O4/c1-9(2)12-6-3-5(8(10)11)4-7(6)13-9/h5-7H,3-4H2,1-2H3,(H,10,11)/t5?,6-,7+. The zero-order valence-electron chi connectivity index (χ0n) is 7.82. The molecule has 2 fully saturated rings. The van der Waals surface area contributed by atoms with E-state index in [4.69, 9.17) is 14.6 Å². The lowest BCUT2D eigenvalue weighted by molar-refractivity contribution is -0.161. The molecule has 0 aromatic rings. The summed E-state index contributed by atoms with van der Waals surface area (Å²) in [6.45, 7) is 3.72. The molecule has 1 saturated carbocycles. The molecular weight excluding hydrogens is 172 g/mol. The summed E-state index contributed by atoms with van der Waals surface area (Å²) in [7, 11) is 0. The quantitative estimate of drug-likeness (QED) is 0.663. The van der Waals surface area contributed by atoms with Crippen LogP contribution in [0.2, 0.25) is 0 Å². The van der Waals surface area contributed by atoms with Crippen LogP contribution in [0.1, 0.15) is 26.7 Å². The van der Waals surface area contributed by atoms with Gasteiger partial charge in [0.15, 0.2) is 5.79 Å². The second kappa shape index (κ2) is 2.69. The van der Waals surface area contributed by atoms with E-state index in [1.165, 1.54) is 0 Å². The second-order valence-electron chi connectivity index (χ2n) is 4.22. The van der Waals surface area contributed by atoms with E-state index in [1.807, 2.05) is 13.8 Å². The molecule has 74 valence electrons. The normalized spacial score (nSPS) is 41.8. The van der Waals surface area contributed by atoms with Crippen molar-refractivity contribution in [1.82, 2.24) is 0 Å². The lowest BCUT2D eigenvalue weighted by Gasteiger charge is -2.19. The first-order valence-electron chi connectivity index (χ1n) is 4.56. The summed E-state index contributed by atoms with van der Waals surface area (Å²) in [5.74, 6) is -1.55. The van der Waals surface area contributed by atoms with Gasteiger partial charge in [0, 0.05) is 0 Å². The average Bonchev–Trinajstić information content (AvgIpc) is 2.39. The largest absolute Gasteiger partial charge is 0.481 e. The Labute approximate surface area is 76.8 Å². The minimum Gasteiger partial charge on any atom is -0.481 e. The van der Waals surface area contributed by atoms with Gasteiger partial charge >= 0.3 is 5.97 Å². The Hall–Kier alpha value is -0.610. The van der Waals surface area contributed by atoms with E-state index in [0.29, 0.717) is 12.8 Å². The molecule has 2 aliphatic rings. The predicted octanol–water partition coefficient (Wildman–Crippen LogP) is 1.00. The van der Waals surface area contributed by atoms with Crippen LogP contribution in [0, 0.1) is 5.92 Å². The average molecular weight is 186 g/mol. The van der Waals surface area contributed by atoms with Gasteiger partial charge in [-0.05, 0) is 26.7 Å². The Kier molecular flexibility index (Phi) is 1.85. The number of ether oxygens (including phenoxy) is 2. The van der Waals surface area contributed by atoms with Crippen molar-refractivity contribution in [2.24, 2.45) is 5.92 Å². The van der Waals surface area contributed by atoms with Gasteiger partial charge in [-0.25, -0.2) is 0 Å². The van der Waals surface area contributed by atoms with Crippen molar-refractivity contribution in [2.45, 2.75) is 44.7 Å². The molecule has 1 N–H and O–H groups in total. The second-order valence-corrected chi connectivity index (χ2v) is 4.22. The third kappa shape index (κ3) is 1.56. The highest BCUT2D eigenvalue weighted by atomic mass is 16.8. The van der Waals surface area contributed by atoms with E-state index in [9.17, 15) is 4.79 Å². The highest BCUT2D eigenvalue weighted by Crippen LogP contribution is 2.40. The van der Waals surface area contributed by atoms with Crippen LogP contribution in [-0.4, -0.2) is 29.1 Å². The van der Waals surface area contributed by atoms with Crippen LogP contribution in [0.5, 0.6) is 0 Å². The molecule has 1 heterocycles. The van der Waals surface area contributed by atoms with Crippen LogP contribution >= 0.6 is 0 Å². The van der Waals surface area contributed by atoms with Crippen LogP contribution in [0.25, 0.3) is 0 Å². The molecule has 1 unspecified atom stereocenters. The van der Waals surface area contributed by atoms with E-state index >= 15 is 0 Å². The minimum atomic E-state index is -0.737. The van der Waals surface area contributed by atoms with Crippen molar-refractivity contribution in [3.63, 3.8) is 0 Å². The van der Waals surface area contributed by atoms with Gasteiger partial charge in [0.25, 0.3) is 0 Å². The summed E-state index contributed by atoms with van der Waals surface area (Å²) in [5, 5.41) is 8.79. The Morgan fingerprint density at radius 1 is 1.31 bits per heavy atom. The van der Waals surface area contributed by atoms with Crippen LogP contribution < -0.4 is 0 Å². The number of aliphatic carboxylic acids is 1. The predicted molar refractivity (Wildman–Crippen MR) is 44.2 cm³/mol. The van der Waals surface area contributed by atoms with E-state index < -0.39 is 11.8 Å². The van der Waals surface area contributed by atoms with E-state index in [0.717, 1.165) is 0 Å². The number of hydrogen-bond acceptors (Lipinski definition) is 3. The molecule has 1 saturated heterocycles. The molecule has 13 heavy (non-hydrogen) atoms. The summed E-state index contributed by atoms with van der Waals surface area (Å²) >= 11 is 0. The zero-order valence-corrected chi connectivity index (χ0v) is 7.82. The molecule has 2 rings (SSSR count). The van der Waals surface area contributed by atoms with Crippen molar-refractivity contribution in [3.05, 3.63) is 0 Å². The maximum absolute atomic E-state index is 10.7. The molecule has 1 aliphatic carbocycles. The van der Waals surface area contributed by atoms with Crippen LogP contribution in [-0.2, 0) is 14.3 Å². The van der Waals surface area contributed by atoms with Gasteiger partial charge in [-0.15, -0.1) is 0 Å². The summed E-state index contributed by atoms with van der Waals surface area (Å²) in [6.07, 6.45) is 1.14. The molecule has 0 aromatic carbocycles. The lowest BCUT2D eigenvalue weighted by Crippen LogP contribution is -2.24. The van der Waals surface area contributed by atoms with Gasteiger partial charge in [-0.1, -0.05) is 0 Å². The van der Waals surface area contributed by atoms with Gasteiger partial charge in [0.05, 0.1) is 18.1 Å². The Balaban J connectivity index is 2.01. The molecule has 0 radical (unpaired) electrons. The summed E-state index contributed by atoms with van der Waals surface area (Å²) in [5.41, 5.74) is 0. The van der Waals surface area contributed by atoms with Crippen molar-refractivity contribution < 1.29 is 19.4 Å². The summed E-state index contributed by atoms with van der Waals surface area (Å²) in [6, 6.07) is 0. The first-order valence-corrected chi connectivity index (χ1v) is 4.56. The number of fused-ring (bicyclic) bond motifs is 1. The fraction of sp³-hybridized carbons (Fsp3) is 0.889. The molecule has 0 aromatic heterocycles. The molecule has 1 aliphatic heterocycles. The molecule has 4 nitrogen and oxygen atoms in total. The Bertz CT molecular complexity index is 220. The smallest absolute Gasteiger partial charge is 0.306 e. The van der Waals surface area contributed by atoms with Gasteiger partial charge < -0.3 is 14.6 Å². The van der Waals surface area contributed by atoms with Gasteiger partial charge in [-0.3, -0.25) is 4.79 Å². The fourth-order valence-corrected chi connectivity index (χ4v) is 2.17. The minimum absolute atomic E-state index is 0.0175. The van der Waals surface area contributed by atoms with E-state index in [1.54, 1.807) is 0 Å². The maximum atomic E-state index is 10.7. The monoisotopic (exact) mass is 186 g/mol. The molecule has 0 spiro atoms. The third-order valence-corrected chi connectivity index (χ3v) is 2.67. The molecule has 0 bridgehead atoms. The Morgan fingerprint density at radius 2 is 1.77 bits per heavy atom. The van der Waals surface area contributed by atoms with Gasteiger partial charge in [-0.2, -0.15) is 0 Å². The fourth-order valence-electron chi connectivity index (χ4n) is 2.17. The number of rotatable bonds is 1.